The Morgan fingerprint density at radius 2 is 1.74 bits per heavy atom. The van der Waals surface area contributed by atoms with Crippen LogP contribution in [0.25, 0.3) is 0 Å². The first-order valence-corrected chi connectivity index (χ1v) is 14.8. The molecule has 39 heavy (non-hydrogen) atoms. The Hall–Kier alpha value is -2.99. The fourth-order valence-corrected chi connectivity index (χ4v) is 6.01. The molecule has 0 spiro atoms. The zero-order chi connectivity index (χ0) is 27.4. The van der Waals surface area contributed by atoms with E-state index in [-0.39, 0.29) is 17.7 Å². The fraction of sp³-hybridized carbons (Fsp3) is 0.545. The van der Waals surface area contributed by atoms with E-state index in [4.69, 9.17) is 14.9 Å². The number of nitrogens with one attached hydrogen (secondary N) is 1. The molecule has 5 rings (SSSR count). The molecule has 6 nitrogen and oxygen atoms in total. The molecule has 1 N–H and O–H groups in total. The lowest BCUT2D eigenvalue weighted by molar-refractivity contribution is -0.120. The number of carbonyl (C=O) groups is 1. The summed E-state index contributed by atoms with van der Waals surface area (Å²) in [5.41, 5.74) is 3.15. The van der Waals surface area contributed by atoms with Crippen LogP contribution >= 0.6 is 0 Å². The van der Waals surface area contributed by atoms with Gasteiger partial charge >= 0.3 is 0 Å². The Labute approximate surface area is 233 Å². The second-order valence-corrected chi connectivity index (χ2v) is 12.3. The lowest BCUT2D eigenvalue weighted by Gasteiger charge is -2.36. The molecular weight excluding hydrogens is 484 g/mol. The van der Waals surface area contributed by atoms with E-state index in [0.717, 1.165) is 41.2 Å². The maximum Gasteiger partial charge on any atom is 0.227 e. The van der Waals surface area contributed by atoms with Crippen molar-refractivity contribution in [1.29, 1.82) is 0 Å². The van der Waals surface area contributed by atoms with Crippen LogP contribution in [0.3, 0.4) is 0 Å². The van der Waals surface area contributed by atoms with Crippen molar-refractivity contribution in [2.75, 3.05) is 11.9 Å². The van der Waals surface area contributed by atoms with E-state index < -0.39 is 0 Å². The molecule has 0 radical (unpaired) electrons. The number of nitrogens with zero attached hydrogens (tertiary/aromatic N) is 3. The summed E-state index contributed by atoms with van der Waals surface area (Å²) in [6, 6.07) is 18.7. The lowest BCUT2D eigenvalue weighted by atomic mass is 9.71. The highest BCUT2D eigenvalue weighted by Gasteiger charge is 2.40. The minimum atomic E-state index is -0.267. The molecule has 2 aromatic carbocycles. The van der Waals surface area contributed by atoms with Gasteiger partial charge in [0.2, 0.25) is 5.91 Å². The zero-order valence-corrected chi connectivity index (χ0v) is 24.0. The molecule has 0 saturated heterocycles. The van der Waals surface area contributed by atoms with Crippen molar-refractivity contribution in [3.63, 3.8) is 0 Å². The van der Waals surface area contributed by atoms with Crippen LogP contribution in [0.5, 0.6) is 0 Å². The number of rotatable bonds is 13. The maximum atomic E-state index is 13.5. The smallest absolute Gasteiger partial charge is 0.227 e. The minimum Gasteiger partial charge on any atom is -0.377 e. The quantitative estimate of drug-likeness (QED) is 0.234. The summed E-state index contributed by atoms with van der Waals surface area (Å²) in [7, 11) is 0. The average molecular weight is 529 g/mol. The van der Waals surface area contributed by atoms with E-state index in [0.29, 0.717) is 25.2 Å². The predicted molar refractivity (Wildman–Crippen MR) is 156 cm³/mol. The van der Waals surface area contributed by atoms with Gasteiger partial charge in [0.25, 0.3) is 0 Å². The van der Waals surface area contributed by atoms with Gasteiger partial charge < -0.3 is 14.6 Å². The summed E-state index contributed by atoms with van der Waals surface area (Å²) in [6.45, 7) is 9.83. The first-order chi connectivity index (χ1) is 18.9. The van der Waals surface area contributed by atoms with Crippen LogP contribution < -0.4 is 5.32 Å². The number of carbonyl (C=O) groups excluding carboxylic acids is 1. The lowest BCUT2D eigenvalue weighted by Crippen LogP contribution is -2.30. The fourth-order valence-electron chi connectivity index (χ4n) is 6.01. The molecule has 2 atom stereocenters. The normalized spacial score (nSPS) is 20.4. The van der Waals surface area contributed by atoms with Crippen molar-refractivity contribution in [2.45, 2.75) is 90.7 Å². The van der Waals surface area contributed by atoms with Crippen LogP contribution in [0, 0.1) is 24.7 Å². The van der Waals surface area contributed by atoms with Gasteiger partial charge in [-0.3, -0.25) is 4.79 Å². The van der Waals surface area contributed by atoms with E-state index in [1.807, 2.05) is 49.4 Å². The van der Waals surface area contributed by atoms with Crippen molar-refractivity contribution < 1.29 is 9.53 Å². The standard InChI is InChI=1S/C33H44N4O2/c1-22(2)18-26-19-27(20-26)31-35-36-32(37(31)29-14-15-29)30(16-17-39-21-25-8-6-5-7-9-25)24(4)33(38)34-28-12-10-23(3)11-13-28/h5-13,22,24,26-27,29-30H,14-21H2,1-4H3,(H,34,38). The molecule has 2 fully saturated rings. The topological polar surface area (TPSA) is 69.0 Å². The summed E-state index contributed by atoms with van der Waals surface area (Å²) in [6.07, 6.45) is 6.76. The van der Waals surface area contributed by atoms with Crippen molar-refractivity contribution in [2.24, 2.45) is 17.8 Å². The maximum absolute atomic E-state index is 13.5. The predicted octanol–water partition coefficient (Wildman–Crippen LogP) is 7.43. The molecule has 1 heterocycles. The van der Waals surface area contributed by atoms with E-state index >= 15 is 0 Å². The van der Waals surface area contributed by atoms with E-state index in [9.17, 15) is 4.79 Å². The number of anilines is 1. The van der Waals surface area contributed by atoms with Crippen LogP contribution in [0.1, 0.15) is 99.9 Å². The summed E-state index contributed by atoms with van der Waals surface area (Å²) in [5, 5.41) is 12.7. The second kappa shape index (κ2) is 12.5. The molecule has 3 aromatic rings. The molecule has 6 heteroatoms. The Bertz CT molecular complexity index is 1210. The SMILES string of the molecule is Cc1ccc(NC(=O)C(C)C(CCOCc2ccccc2)c2nnc(C3CC(CC(C)C)C3)n2C2CC2)cc1. The van der Waals surface area contributed by atoms with Gasteiger partial charge in [-0.05, 0) is 75.0 Å². The van der Waals surface area contributed by atoms with Gasteiger partial charge in [-0.25, -0.2) is 0 Å². The summed E-state index contributed by atoms with van der Waals surface area (Å²) in [4.78, 5) is 13.5. The molecule has 0 bridgehead atoms. The molecule has 0 aliphatic heterocycles. The minimum absolute atomic E-state index is 0.0134. The second-order valence-electron chi connectivity index (χ2n) is 12.3. The van der Waals surface area contributed by atoms with Gasteiger partial charge in [-0.15, -0.1) is 10.2 Å². The average Bonchev–Trinajstić information content (AvgIpc) is 3.66. The Morgan fingerprint density at radius 3 is 2.41 bits per heavy atom. The van der Waals surface area contributed by atoms with Gasteiger partial charge in [0.1, 0.15) is 11.6 Å². The van der Waals surface area contributed by atoms with Crippen LogP contribution in [-0.2, 0) is 16.1 Å². The highest BCUT2D eigenvalue weighted by molar-refractivity contribution is 5.92. The number of ether oxygens (including phenoxy) is 1. The van der Waals surface area contributed by atoms with Gasteiger partial charge in [0, 0.05) is 36.1 Å². The molecule has 2 aliphatic carbocycles. The Kier molecular flexibility index (Phi) is 8.81. The number of aromatic nitrogens is 3. The van der Waals surface area contributed by atoms with Crippen LogP contribution in [0.2, 0.25) is 0 Å². The molecule has 1 aromatic heterocycles. The van der Waals surface area contributed by atoms with Crippen molar-refractivity contribution >= 4 is 11.6 Å². The largest absolute Gasteiger partial charge is 0.377 e. The number of aryl methyl sites for hydroxylation is 1. The zero-order valence-electron chi connectivity index (χ0n) is 24.0. The third-order valence-corrected chi connectivity index (χ3v) is 8.42. The molecule has 2 saturated carbocycles. The third kappa shape index (κ3) is 6.96. The van der Waals surface area contributed by atoms with Gasteiger partial charge in [-0.2, -0.15) is 0 Å². The van der Waals surface area contributed by atoms with E-state index in [1.165, 1.54) is 37.7 Å². The van der Waals surface area contributed by atoms with Crippen LogP contribution in [0.15, 0.2) is 54.6 Å². The monoisotopic (exact) mass is 528 g/mol. The van der Waals surface area contributed by atoms with Gasteiger partial charge in [0.15, 0.2) is 0 Å². The summed E-state index contributed by atoms with van der Waals surface area (Å²) in [5.74, 6) is 3.81. The first kappa shape index (κ1) is 27.6. The Morgan fingerprint density at radius 1 is 1.03 bits per heavy atom. The summed E-state index contributed by atoms with van der Waals surface area (Å²) < 4.78 is 8.52. The van der Waals surface area contributed by atoms with E-state index in [2.05, 4.69) is 42.8 Å². The van der Waals surface area contributed by atoms with E-state index in [1.54, 1.807) is 0 Å². The van der Waals surface area contributed by atoms with Crippen molar-refractivity contribution in [3.8, 4) is 0 Å². The van der Waals surface area contributed by atoms with Crippen molar-refractivity contribution in [3.05, 3.63) is 77.4 Å². The number of benzene rings is 2. The van der Waals surface area contributed by atoms with Crippen LogP contribution in [-0.4, -0.2) is 27.3 Å². The number of hydrogen-bond donors (Lipinski definition) is 1. The summed E-state index contributed by atoms with van der Waals surface area (Å²) >= 11 is 0. The number of hydrogen-bond acceptors (Lipinski definition) is 4. The molecule has 2 unspecified atom stereocenters. The highest BCUT2D eigenvalue weighted by atomic mass is 16.5. The van der Waals surface area contributed by atoms with Gasteiger partial charge in [-0.1, -0.05) is 68.8 Å². The molecule has 208 valence electrons. The number of amides is 1. The molecular formula is C33H44N4O2. The Balaban J connectivity index is 1.33. The van der Waals surface area contributed by atoms with Gasteiger partial charge in [0.05, 0.1) is 6.61 Å². The first-order valence-electron chi connectivity index (χ1n) is 14.8. The molecule has 1 amide bonds. The van der Waals surface area contributed by atoms with Crippen LogP contribution in [0.4, 0.5) is 5.69 Å². The highest BCUT2D eigenvalue weighted by Crippen LogP contribution is 2.48. The van der Waals surface area contributed by atoms with Crippen molar-refractivity contribution in [1.82, 2.24) is 14.8 Å². The molecule has 2 aliphatic rings. The third-order valence-electron chi connectivity index (χ3n) is 8.42.